The van der Waals surface area contributed by atoms with Gasteiger partial charge >= 0.3 is 0 Å². The Bertz CT molecular complexity index is 484. The summed E-state index contributed by atoms with van der Waals surface area (Å²) in [6.07, 6.45) is 2.28. The number of hydrogen-bond acceptors (Lipinski definition) is 2. The average Bonchev–Trinajstić information content (AvgIpc) is 2.55. The predicted molar refractivity (Wildman–Crippen MR) is 66.5 cm³/mol. The first-order chi connectivity index (χ1) is 7.58. The highest BCUT2D eigenvalue weighted by molar-refractivity contribution is 14.0. The monoisotopic (exact) mass is 351 g/mol. The highest BCUT2D eigenvalue weighted by Gasteiger charge is 2.23. The summed E-state index contributed by atoms with van der Waals surface area (Å²) in [4.78, 5) is 23.3. The third-order valence-electron chi connectivity index (χ3n) is 2.23. The first kappa shape index (κ1) is 13.8. The Morgan fingerprint density at radius 2 is 1.59 bits per heavy atom. The lowest BCUT2D eigenvalue weighted by atomic mass is 10.2. The summed E-state index contributed by atoms with van der Waals surface area (Å²) in [5.41, 5.74) is 0.365. The van der Waals surface area contributed by atoms with Crippen LogP contribution in [-0.2, 0) is 16.1 Å². The molecule has 0 bridgehead atoms. The van der Waals surface area contributed by atoms with Crippen molar-refractivity contribution in [3.05, 3.63) is 47.5 Å². The lowest BCUT2D eigenvalue weighted by molar-refractivity contribution is -0.137. The molecule has 0 aliphatic carbocycles. The van der Waals surface area contributed by atoms with Gasteiger partial charge in [-0.25, -0.2) is 8.78 Å². The fraction of sp³-hybridized carbons (Fsp3) is 0.0909. The number of benzene rings is 1. The van der Waals surface area contributed by atoms with E-state index in [0.29, 0.717) is 5.56 Å². The van der Waals surface area contributed by atoms with Crippen LogP contribution in [0, 0.1) is 11.6 Å². The number of carbonyl (C=O) groups excluding carboxylic acids is 2. The summed E-state index contributed by atoms with van der Waals surface area (Å²) in [7, 11) is 0. The Labute approximate surface area is 113 Å². The number of rotatable bonds is 2. The molecule has 1 aliphatic heterocycles. The van der Waals surface area contributed by atoms with E-state index in [9.17, 15) is 18.4 Å². The molecule has 0 spiro atoms. The molecule has 0 atom stereocenters. The molecule has 0 unspecified atom stereocenters. The van der Waals surface area contributed by atoms with E-state index in [4.69, 9.17) is 0 Å². The highest BCUT2D eigenvalue weighted by Crippen LogP contribution is 2.13. The van der Waals surface area contributed by atoms with Crippen LogP contribution in [0.4, 0.5) is 8.78 Å². The Balaban J connectivity index is 0.00000144. The summed E-state index contributed by atoms with van der Waals surface area (Å²) in [6.45, 7) is -0.0537. The SMILES string of the molecule is I.O=C1C=CC(=O)N1Cc1ccc(F)c(F)c1. The van der Waals surface area contributed by atoms with E-state index in [0.717, 1.165) is 29.2 Å². The Morgan fingerprint density at radius 1 is 1.00 bits per heavy atom. The molecule has 1 aromatic rings. The van der Waals surface area contributed by atoms with Crippen molar-refractivity contribution in [3.8, 4) is 0 Å². The number of nitrogens with zero attached hydrogens (tertiary/aromatic N) is 1. The van der Waals surface area contributed by atoms with Crippen LogP contribution in [-0.4, -0.2) is 16.7 Å². The zero-order chi connectivity index (χ0) is 11.7. The molecule has 0 saturated carbocycles. The number of imide groups is 1. The molecular weight excluding hydrogens is 343 g/mol. The van der Waals surface area contributed by atoms with E-state index >= 15 is 0 Å². The van der Waals surface area contributed by atoms with Crippen molar-refractivity contribution in [2.24, 2.45) is 0 Å². The van der Waals surface area contributed by atoms with Crippen LogP contribution in [0.25, 0.3) is 0 Å². The van der Waals surface area contributed by atoms with E-state index in [2.05, 4.69) is 0 Å². The second-order valence-corrected chi connectivity index (χ2v) is 3.34. The Kier molecular flexibility index (Phi) is 4.33. The minimum Gasteiger partial charge on any atom is -0.271 e. The molecular formula is C11H8F2INO2. The molecule has 2 rings (SSSR count). The minimum atomic E-state index is -0.996. The average molecular weight is 351 g/mol. The molecule has 0 saturated heterocycles. The lowest BCUT2D eigenvalue weighted by Gasteiger charge is -2.13. The zero-order valence-electron chi connectivity index (χ0n) is 8.52. The van der Waals surface area contributed by atoms with Crippen LogP contribution in [0.3, 0.4) is 0 Å². The molecule has 6 heteroatoms. The fourth-order valence-electron chi connectivity index (χ4n) is 1.41. The van der Waals surface area contributed by atoms with Gasteiger partial charge in [0.05, 0.1) is 6.54 Å². The van der Waals surface area contributed by atoms with Gasteiger partial charge in [-0.3, -0.25) is 14.5 Å². The van der Waals surface area contributed by atoms with Gasteiger partial charge in [0.2, 0.25) is 0 Å². The van der Waals surface area contributed by atoms with Crippen molar-refractivity contribution in [1.82, 2.24) is 4.90 Å². The molecule has 0 fully saturated rings. The maximum atomic E-state index is 12.9. The topological polar surface area (TPSA) is 37.4 Å². The second kappa shape index (κ2) is 5.35. The maximum Gasteiger partial charge on any atom is 0.253 e. The van der Waals surface area contributed by atoms with Gasteiger partial charge in [-0.15, -0.1) is 24.0 Å². The van der Waals surface area contributed by atoms with Gasteiger partial charge in [-0.05, 0) is 17.7 Å². The minimum absolute atomic E-state index is 0. The van der Waals surface area contributed by atoms with E-state index in [1.54, 1.807) is 0 Å². The van der Waals surface area contributed by atoms with Gasteiger partial charge in [0.25, 0.3) is 11.8 Å². The first-order valence-corrected chi connectivity index (χ1v) is 4.55. The van der Waals surface area contributed by atoms with Crippen molar-refractivity contribution < 1.29 is 18.4 Å². The highest BCUT2D eigenvalue weighted by atomic mass is 127. The third kappa shape index (κ3) is 2.87. The summed E-state index contributed by atoms with van der Waals surface area (Å²) < 4.78 is 25.5. The van der Waals surface area contributed by atoms with E-state index in [-0.39, 0.29) is 30.5 Å². The molecule has 90 valence electrons. The summed E-state index contributed by atoms with van der Waals surface area (Å²) in [6, 6.07) is 3.26. The quantitative estimate of drug-likeness (QED) is 0.604. The maximum absolute atomic E-state index is 12.9. The van der Waals surface area contributed by atoms with Gasteiger partial charge in [-0.2, -0.15) is 0 Å². The van der Waals surface area contributed by atoms with Gasteiger partial charge in [0.1, 0.15) is 0 Å². The molecule has 17 heavy (non-hydrogen) atoms. The lowest BCUT2D eigenvalue weighted by Crippen LogP contribution is -2.29. The predicted octanol–water partition coefficient (Wildman–Crippen LogP) is 2.01. The van der Waals surface area contributed by atoms with E-state index in [1.807, 2.05) is 0 Å². The van der Waals surface area contributed by atoms with Crippen molar-refractivity contribution in [1.29, 1.82) is 0 Å². The van der Waals surface area contributed by atoms with Crippen molar-refractivity contribution in [3.63, 3.8) is 0 Å². The Hall–Kier alpha value is -1.31. The summed E-state index contributed by atoms with van der Waals surface area (Å²) in [5.74, 6) is -2.85. The summed E-state index contributed by atoms with van der Waals surface area (Å²) in [5, 5.41) is 0. The van der Waals surface area contributed by atoms with Crippen LogP contribution in [0.15, 0.2) is 30.4 Å². The molecule has 1 aliphatic rings. The van der Waals surface area contributed by atoms with E-state index < -0.39 is 23.4 Å². The van der Waals surface area contributed by atoms with Gasteiger partial charge < -0.3 is 0 Å². The second-order valence-electron chi connectivity index (χ2n) is 3.34. The number of halogens is 3. The first-order valence-electron chi connectivity index (χ1n) is 4.55. The molecule has 0 N–H and O–H groups in total. The molecule has 2 amide bonds. The molecule has 0 aromatic heterocycles. The van der Waals surface area contributed by atoms with Gasteiger partial charge in [-0.1, -0.05) is 6.07 Å². The fourth-order valence-corrected chi connectivity index (χ4v) is 1.41. The molecule has 0 radical (unpaired) electrons. The van der Waals surface area contributed by atoms with Crippen molar-refractivity contribution in [2.45, 2.75) is 6.54 Å². The number of hydrogen-bond donors (Lipinski definition) is 0. The van der Waals surface area contributed by atoms with Crippen molar-refractivity contribution in [2.75, 3.05) is 0 Å². The largest absolute Gasteiger partial charge is 0.271 e. The molecule has 1 heterocycles. The molecule has 1 aromatic carbocycles. The summed E-state index contributed by atoms with van der Waals surface area (Å²) >= 11 is 0. The zero-order valence-corrected chi connectivity index (χ0v) is 10.9. The van der Waals surface area contributed by atoms with Crippen molar-refractivity contribution >= 4 is 35.8 Å². The smallest absolute Gasteiger partial charge is 0.253 e. The number of carbonyl (C=O) groups is 2. The normalized spacial score (nSPS) is 14.1. The van der Waals surface area contributed by atoms with Gasteiger partial charge in [0.15, 0.2) is 11.6 Å². The van der Waals surface area contributed by atoms with Crippen LogP contribution >= 0.6 is 24.0 Å². The third-order valence-corrected chi connectivity index (χ3v) is 2.23. The van der Waals surface area contributed by atoms with Crippen LogP contribution in [0.5, 0.6) is 0 Å². The molecule has 3 nitrogen and oxygen atoms in total. The van der Waals surface area contributed by atoms with Gasteiger partial charge in [0, 0.05) is 12.2 Å². The standard InChI is InChI=1S/C11H7F2NO2.HI/c12-8-2-1-7(5-9(8)13)6-14-10(15)3-4-11(14)16;/h1-5H,6H2;1H. The van der Waals surface area contributed by atoms with Crippen LogP contribution in [0.1, 0.15) is 5.56 Å². The van der Waals surface area contributed by atoms with Crippen LogP contribution in [0.2, 0.25) is 0 Å². The Morgan fingerprint density at radius 3 is 2.12 bits per heavy atom. The van der Waals surface area contributed by atoms with E-state index in [1.165, 1.54) is 6.07 Å². The van der Waals surface area contributed by atoms with Crippen LogP contribution < -0.4 is 0 Å². The number of amides is 2.